The number of rotatable bonds is 11. The van der Waals surface area contributed by atoms with Crippen LogP contribution < -0.4 is 29.1 Å². The van der Waals surface area contributed by atoms with Gasteiger partial charge in [0.1, 0.15) is 11.8 Å². The summed E-state index contributed by atoms with van der Waals surface area (Å²) in [5.41, 5.74) is 2.31. The van der Waals surface area contributed by atoms with Gasteiger partial charge in [0.25, 0.3) is 11.5 Å². The number of benzene rings is 3. The van der Waals surface area contributed by atoms with Gasteiger partial charge in [-0.2, -0.15) is 0 Å². The van der Waals surface area contributed by atoms with Gasteiger partial charge in [0.05, 0.1) is 36.1 Å². The number of likely N-dealkylation sites (tertiary alicyclic amines) is 1. The average Bonchev–Trinajstić information content (AvgIpc) is 3.76. The average molecular weight is 747 g/mol. The van der Waals surface area contributed by atoms with E-state index in [-0.39, 0.29) is 30.3 Å². The zero-order valence-electron chi connectivity index (χ0n) is 27.4. The van der Waals surface area contributed by atoms with Gasteiger partial charge >= 0.3 is 5.97 Å². The highest BCUT2D eigenvalue weighted by molar-refractivity contribution is 9.10. The van der Waals surface area contributed by atoms with Gasteiger partial charge in [-0.15, -0.1) is 0 Å². The fraction of sp³-hybridized carbons (Fsp3) is 0.297. The van der Waals surface area contributed by atoms with Crippen LogP contribution >= 0.6 is 27.3 Å². The maximum atomic E-state index is 14.4. The Morgan fingerprint density at radius 2 is 1.71 bits per heavy atom. The number of esters is 1. The third kappa shape index (κ3) is 7.20. The van der Waals surface area contributed by atoms with Gasteiger partial charge < -0.3 is 23.8 Å². The zero-order valence-corrected chi connectivity index (χ0v) is 29.8. The molecule has 3 aromatic carbocycles. The van der Waals surface area contributed by atoms with E-state index in [0.29, 0.717) is 55.6 Å². The van der Waals surface area contributed by atoms with Gasteiger partial charge in [-0.05, 0) is 68.7 Å². The first-order valence-electron chi connectivity index (χ1n) is 16.1. The number of fused-ring (bicyclic) bond motifs is 1. The number of aromatic nitrogens is 1. The number of methoxy groups -OCH3 is 1. The van der Waals surface area contributed by atoms with E-state index in [1.54, 1.807) is 38.3 Å². The maximum Gasteiger partial charge on any atom is 0.338 e. The van der Waals surface area contributed by atoms with E-state index in [1.165, 1.54) is 15.9 Å². The minimum absolute atomic E-state index is 0.0566. The van der Waals surface area contributed by atoms with Gasteiger partial charge in [-0.3, -0.25) is 14.2 Å². The van der Waals surface area contributed by atoms with Crippen molar-refractivity contribution in [3.05, 3.63) is 113 Å². The van der Waals surface area contributed by atoms with E-state index in [1.807, 2.05) is 60.4 Å². The van der Waals surface area contributed by atoms with Crippen LogP contribution in [-0.2, 0) is 14.3 Å². The summed E-state index contributed by atoms with van der Waals surface area (Å²) in [5, 5.41) is 0. The Morgan fingerprint density at radius 1 is 0.959 bits per heavy atom. The van der Waals surface area contributed by atoms with Crippen molar-refractivity contribution in [1.82, 2.24) is 9.47 Å². The lowest BCUT2D eigenvalue weighted by Gasteiger charge is -2.27. The Bertz CT molecular complexity index is 2080. The van der Waals surface area contributed by atoms with E-state index in [0.717, 1.165) is 30.4 Å². The number of carbonyl (C=O) groups excluding carboxylic acids is 2. The molecule has 0 unspecified atom stereocenters. The van der Waals surface area contributed by atoms with Crippen molar-refractivity contribution in [1.29, 1.82) is 0 Å². The van der Waals surface area contributed by atoms with Crippen LogP contribution in [0, 0.1) is 0 Å². The molecule has 3 heterocycles. The molecule has 1 amide bonds. The number of nitrogens with zero attached hydrogens (tertiary/aromatic N) is 3. The summed E-state index contributed by atoms with van der Waals surface area (Å²) in [6.07, 6.45) is 3.77. The monoisotopic (exact) mass is 745 g/mol. The summed E-state index contributed by atoms with van der Waals surface area (Å²) < 4.78 is 25.8. The van der Waals surface area contributed by atoms with Crippen molar-refractivity contribution >= 4 is 50.9 Å². The van der Waals surface area contributed by atoms with Crippen LogP contribution in [0.4, 0.5) is 0 Å². The van der Waals surface area contributed by atoms with Gasteiger partial charge in [0.2, 0.25) is 0 Å². The minimum atomic E-state index is -0.900. The molecule has 0 spiro atoms. The first kappa shape index (κ1) is 34.2. The van der Waals surface area contributed by atoms with Crippen LogP contribution in [0.2, 0.25) is 0 Å². The standard InChI is InChI=1S/C37H36BrN3O7S/c1-4-46-29-19-23(13-15-28(29)48-22-31(42)40-17-9-10-18-40)20-30-35(43)41-34(26-21-25(38)14-16-27(26)45-3)32(36(44)47-5-2)33(39-37(41)49-30)24-11-7-6-8-12-24/h6-8,11-16,19-21,34H,4-5,9-10,17-18,22H2,1-3H3/b30-20-/t34-/m0/s1. The maximum absolute atomic E-state index is 14.4. The highest BCUT2D eigenvalue weighted by Crippen LogP contribution is 2.40. The molecule has 1 fully saturated rings. The number of ether oxygens (including phenoxy) is 4. The molecule has 0 radical (unpaired) electrons. The Hall–Kier alpha value is -4.68. The van der Waals surface area contributed by atoms with E-state index in [2.05, 4.69) is 15.9 Å². The van der Waals surface area contributed by atoms with Crippen LogP contribution in [-0.4, -0.2) is 61.4 Å². The van der Waals surface area contributed by atoms with E-state index >= 15 is 0 Å². The van der Waals surface area contributed by atoms with Crippen LogP contribution in [0.25, 0.3) is 11.8 Å². The predicted molar refractivity (Wildman–Crippen MR) is 191 cm³/mol. The lowest BCUT2D eigenvalue weighted by atomic mass is 9.92. The topological polar surface area (TPSA) is 109 Å². The summed E-state index contributed by atoms with van der Waals surface area (Å²) in [5.74, 6) is 0.775. The van der Waals surface area contributed by atoms with Gasteiger partial charge in [-0.1, -0.05) is 63.7 Å². The van der Waals surface area contributed by atoms with E-state index < -0.39 is 12.0 Å². The van der Waals surface area contributed by atoms with Gasteiger partial charge in [0, 0.05) is 28.7 Å². The molecule has 2 aliphatic rings. The molecule has 1 atom stereocenters. The highest BCUT2D eigenvalue weighted by atomic mass is 79.9. The fourth-order valence-corrected chi connectivity index (χ4v) is 7.38. The Labute approximate surface area is 296 Å². The number of carbonyl (C=O) groups is 2. The molecule has 0 bridgehead atoms. The van der Waals surface area contributed by atoms with Crippen LogP contribution in [0.3, 0.4) is 0 Å². The van der Waals surface area contributed by atoms with Crippen LogP contribution in [0.1, 0.15) is 49.4 Å². The van der Waals surface area contributed by atoms with E-state index in [4.69, 9.17) is 23.9 Å². The number of hydrogen-bond acceptors (Lipinski definition) is 9. The minimum Gasteiger partial charge on any atom is -0.496 e. The predicted octanol–water partition coefficient (Wildman–Crippen LogP) is 5.11. The summed E-state index contributed by atoms with van der Waals surface area (Å²) in [7, 11) is 1.55. The van der Waals surface area contributed by atoms with Crippen LogP contribution in [0.5, 0.6) is 17.2 Å². The van der Waals surface area contributed by atoms with Crippen molar-refractivity contribution in [2.45, 2.75) is 32.7 Å². The molecule has 49 heavy (non-hydrogen) atoms. The molecule has 254 valence electrons. The van der Waals surface area contributed by atoms with E-state index in [9.17, 15) is 14.4 Å². The van der Waals surface area contributed by atoms with Gasteiger partial charge in [0.15, 0.2) is 22.9 Å². The molecule has 0 saturated carbocycles. The second-order valence-electron chi connectivity index (χ2n) is 11.3. The van der Waals surface area contributed by atoms with Gasteiger partial charge in [-0.25, -0.2) is 9.79 Å². The second-order valence-corrected chi connectivity index (χ2v) is 13.3. The normalized spacial score (nSPS) is 15.9. The number of hydrogen-bond donors (Lipinski definition) is 0. The van der Waals surface area contributed by atoms with Crippen molar-refractivity contribution in [3.8, 4) is 17.2 Å². The van der Waals surface area contributed by atoms with Crippen LogP contribution in [0.15, 0.2) is 86.6 Å². The molecule has 0 N–H and O–H groups in total. The highest BCUT2D eigenvalue weighted by Gasteiger charge is 2.37. The molecule has 1 saturated heterocycles. The molecule has 2 aliphatic heterocycles. The lowest BCUT2D eigenvalue weighted by molar-refractivity contribution is -0.139. The smallest absolute Gasteiger partial charge is 0.338 e. The molecule has 10 nitrogen and oxygen atoms in total. The van der Waals surface area contributed by atoms with Crippen molar-refractivity contribution in [3.63, 3.8) is 0 Å². The molecule has 4 aromatic rings. The molecule has 6 rings (SSSR count). The third-order valence-corrected chi connectivity index (χ3v) is 9.71. The molecular weight excluding hydrogens is 710 g/mol. The Morgan fingerprint density at radius 3 is 2.43 bits per heavy atom. The lowest BCUT2D eigenvalue weighted by Crippen LogP contribution is -2.40. The number of amides is 1. The number of halogens is 1. The first-order chi connectivity index (χ1) is 23.8. The Balaban J connectivity index is 1.49. The summed E-state index contributed by atoms with van der Waals surface area (Å²) in [6, 6.07) is 19.3. The SMILES string of the molecule is CCOC(=O)C1=C(c2ccccc2)N=c2s/c(=C\c3ccc(OCC(=O)N4CCCC4)c(OCC)c3)c(=O)n2[C@H]1c1cc(Br)ccc1OC. The number of thiazole rings is 1. The summed E-state index contributed by atoms with van der Waals surface area (Å²) in [6.45, 7) is 5.55. The first-order valence-corrected chi connectivity index (χ1v) is 17.7. The molecule has 0 aliphatic carbocycles. The zero-order chi connectivity index (χ0) is 34.5. The molecule has 1 aromatic heterocycles. The second kappa shape index (κ2) is 15.3. The quantitative estimate of drug-likeness (QED) is 0.197. The van der Waals surface area contributed by atoms with Crippen molar-refractivity contribution in [2.24, 2.45) is 4.99 Å². The molecular formula is C37H36BrN3O7S. The van der Waals surface area contributed by atoms with Crippen molar-refractivity contribution < 1.29 is 28.5 Å². The molecule has 12 heteroatoms. The van der Waals surface area contributed by atoms with Crippen molar-refractivity contribution in [2.75, 3.05) is 40.0 Å². The summed E-state index contributed by atoms with van der Waals surface area (Å²) >= 11 is 4.78. The summed E-state index contributed by atoms with van der Waals surface area (Å²) in [4.78, 5) is 47.9. The third-order valence-electron chi connectivity index (χ3n) is 8.24. The fourth-order valence-electron chi connectivity index (χ4n) is 6.00. The largest absolute Gasteiger partial charge is 0.496 e. The Kier molecular flexibility index (Phi) is 10.6.